The number of nitrogens with zero attached hydrogens (tertiary/aromatic N) is 2. The number of carbonyl (C=O) groups excluding carboxylic acids is 3. The van der Waals surface area contributed by atoms with E-state index < -0.39 is 5.97 Å². The zero-order valence-corrected chi connectivity index (χ0v) is 19.6. The van der Waals surface area contributed by atoms with Gasteiger partial charge < -0.3 is 15.0 Å². The fourth-order valence-corrected chi connectivity index (χ4v) is 4.23. The zero-order valence-electron chi connectivity index (χ0n) is 18.8. The number of ether oxygens (including phenoxy) is 1. The van der Waals surface area contributed by atoms with Gasteiger partial charge in [0, 0.05) is 31.9 Å². The molecule has 0 radical (unpaired) electrons. The van der Waals surface area contributed by atoms with Gasteiger partial charge in [-0.25, -0.2) is 4.79 Å². The van der Waals surface area contributed by atoms with Crippen LogP contribution in [0.4, 0.5) is 5.69 Å². The van der Waals surface area contributed by atoms with E-state index in [0.717, 1.165) is 0 Å². The number of esters is 1. The quantitative estimate of drug-likeness (QED) is 0.487. The van der Waals surface area contributed by atoms with E-state index in [1.807, 2.05) is 19.1 Å². The summed E-state index contributed by atoms with van der Waals surface area (Å²) in [5.74, 6) is -0.638. The van der Waals surface area contributed by atoms with Crippen molar-refractivity contribution in [3.8, 4) is 0 Å². The molecule has 1 aliphatic rings. The number of hydrogen-bond acceptors (Lipinski definition) is 6. The molecule has 1 atom stereocenters. The standard InChI is InChI=1S/C23H29ClN4O4/c1-14-20(23(31)32-4)15(2)25-21(14)22(30)16(3)28-11-9-27(10-12-28)13-19(29)26-18-8-6-5-7-17(18)24/h5-8,16,25H,9-13H2,1-4H3,(H,26,29). The Kier molecular flexibility index (Phi) is 7.71. The van der Waals surface area contributed by atoms with Gasteiger partial charge in [-0.2, -0.15) is 0 Å². The van der Waals surface area contributed by atoms with Crippen molar-refractivity contribution < 1.29 is 19.1 Å². The van der Waals surface area contributed by atoms with Gasteiger partial charge in [-0.05, 0) is 38.5 Å². The third kappa shape index (κ3) is 5.20. The van der Waals surface area contributed by atoms with Crippen molar-refractivity contribution in [1.82, 2.24) is 14.8 Å². The lowest BCUT2D eigenvalue weighted by Crippen LogP contribution is -2.53. The molecule has 1 aliphatic heterocycles. The monoisotopic (exact) mass is 460 g/mol. The molecule has 32 heavy (non-hydrogen) atoms. The first-order valence-electron chi connectivity index (χ1n) is 10.5. The second kappa shape index (κ2) is 10.3. The van der Waals surface area contributed by atoms with Crippen LogP contribution in [0.25, 0.3) is 0 Å². The van der Waals surface area contributed by atoms with E-state index in [1.165, 1.54) is 7.11 Å². The van der Waals surface area contributed by atoms with Crippen LogP contribution in [0.3, 0.4) is 0 Å². The number of rotatable bonds is 7. The number of ketones is 1. The molecule has 0 saturated carbocycles. The van der Waals surface area contributed by atoms with Crippen LogP contribution in [-0.2, 0) is 9.53 Å². The van der Waals surface area contributed by atoms with E-state index in [2.05, 4.69) is 20.1 Å². The Morgan fingerprint density at radius 1 is 1.16 bits per heavy atom. The predicted octanol–water partition coefficient (Wildman–Crippen LogP) is 2.90. The van der Waals surface area contributed by atoms with Gasteiger partial charge in [0.2, 0.25) is 5.91 Å². The number of carbonyl (C=O) groups is 3. The lowest BCUT2D eigenvalue weighted by Gasteiger charge is -2.37. The molecule has 2 heterocycles. The minimum absolute atomic E-state index is 0.0642. The molecule has 1 unspecified atom stereocenters. The lowest BCUT2D eigenvalue weighted by molar-refractivity contribution is -0.117. The summed E-state index contributed by atoms with van der Waals surface area (Å²) in [6, 6.07) is 6.78. The summed E-state index contributed by atoms with van der Waals surface area (Å²) in [5.41, 5.74) is 2.69. The third-order valence-corrected chi connectivity index (χ3v) is 6.25. The molecule has 8 nitrogen and oxygen atoms in total. The Morgan fingerprint density at radius 2 is 1.81 bits per heavy atom. The zero-order chi connectivity index (χ0) is 23.4. The second-order valence-corrected chi connectivity index (χ2v) is 8.40. The maximum atomic E-state index is 13.1. The van der Waals surface area contributed by atoms with E-state index >= 15 is 0 Å². The van der Waals surface area contributed by atoms with Gasteiger partial charge in [0.1, 0.15) is 0 Å². The highest BCUT2D eigenvalue weighted by Crippen LogP contribution is 2.22. The van der Waals surface area contributed by atoms with Crippen LogP contribution in [0.5, 0.6) is 0 Å². The van der Waals surface area contributed by atoms with Crippen LogP contribution in [0.1, 0.15) is 39.0 Å². The van der Waals surface area contributed by atoms with Crippen molar-refractivity contribution in [3.05, 3.63) is 51.8 Å². The number of anilines is 1. The highest BCUT2D eigenvalue weighted by atomic mass is 35.5. The summed E-state index contributed by atoms with van der Waals surface area (Å²) in [4.78, 5) is 44.7. The van der Waals surface area contributed by atoms with E-state index in [-0.39, 0.29) is 24.3 Å². The van der Waals surface area contributed by atoms with Gasteiger partial charge in [0.05, 0.1) is 41.7 Å². The largest absolute Gasteiger partial charge is 0.465 e. The maximum absolute atomic E-state index is 13.1. The van der Waals surface area contributed by atoms with Gasteiger partial charge >= 0.3 is 5.97 Å². The molecule has 1 aromatic heterocycles. The number of piperazine rings is 1. The number of aryl methyl sites for hydroxylation is 1. The Hall–Kier alpha value is -2.68. The fraction of sp³-hybridized carbons (Fsp3) is 0.435. The number of amides is 1. The van der Waals surface area contributed by atoms with Gasteiger partial charge in [0.25, 0.3) is 0 Å². The Morgan fingerprint density at radius 3 is 2.44 bits per heavy atom. The number of hydrogen-bond donors (Lipinski definition) is 2. The molecule has 9 heteroatoms. The van der Waals surface area contributed by atoms with Crippen LogP contribution in [0.2, 0.25) is 5.02 Å². The summed E-state index contributed by atoms with van der Waals surface area (Å²) in [6.07, 6.45) is 0. The number of benzene rings is 1. The van der Waals surface area contributed by atoms with Crippen LogP contribution in [0, 0.1) is 13.8 Å². The molecule has 2 aromatic rings. The van der Waals surface area contributed by atoms with E-state index in [0.29, 0.717) is 59.4 Å². The van der Waals surface area contributed by atoms with Crippen molar-refractivity contribution in [3.63, 3.8) is 0 Å². The number of Topliss-reactive ketones (excluding diaryl/α,β-unsaturated/α-hetero) is 1. The van der Waals surface area contributed by atoms with Crippen LogP contribution in [0.15, 0.2) is 24.3 Å². The molecule has 0 spiro atoms. The molecule has 2 N–H and O–H groups in total. The average molecular weight is 461 g/mol. The first-order valence-corrected chi connectivity index (χ1v) is 10.9. The smallest absolute Gasteiger partial charge is 0.339 e. The minimum atomic E-state index is -0.452. The summed E-state index contributed by atoms with van der Waals surface area (Å²) in [7, 11) is 1.33. The normalized spacial score (nSPS) is 15.9. The number of H-pyrrole nitrogens is 1. The van der Waals surface area contributed by atoms with Crippen molar-refractivity contribution in [2.45, 2.75) is 26.8 Å². The van der Waals surface area contributed by atoms with Gasteiger partial charge in [-0.3, -0.25) is 19.4 Å². The number of halogens is 1. The van der Waals surface area contributed by atoms with Crippen molar-refractivity contribution in [2.75, 3.05) is 45.2 Å². The Balaban J connectivity index is 1.56. The maximum Gasteiger partial charge on any atom is 0.339 e. The van der Waals surface area contributed by atoms with Gasteiger partial charge in [-0.15, -0.1) is 0 Å². The van der Waals surface area contributed by atoms with E-state index in [1.54, 1.807) is 26.0 Å². The average Bonchev–Trinajstić information content (AvgIpc) is 3.08. The van der Waals surface area contributed by atoms with Crippen molar-refractivity contribution in [1.29, 1.82) is 0 Å². The van der Waals surface area contributed by atoms with Crippen molar-refractivity contribution >= 4 is 34.9 Å². The number of methoxy groups -OCH3 is 1. The highest BCUT2D eigenvalue weighted by molar-refractivity contribution is 6.33. The molecular weight excluding hydrogens is 432 g/mol. The van der Waals surface area contributed by atoms with E-state index in [9.17, 15) is 14.4 Å². The molecule has 172 valence electrons. The lowest BCUT2D eigenvalue weighted by atomic mass is 10.0. The third-order valence-electron chi connectivity index (χ3n) is 5.92. The summed E-state index contributed by atoms with van der Waals surface area (Å²) < 4.78 is 4.83. The van der Waals surface area contributed by atoms with Crippen molar-refractivity contribution in [2.24, 2.45) is 0 Å². The molecule has 1 saturated heterocycles. The molecule has 1 amide bonds. The first kappa shape index (κ1) is 24.0. The summed E-state index contributed by atoms with van der Waals surface area (Å²) in [5, 5.41) is 3.34. The van der Waals surface area contributed by atoms with E-state index in [4.69, 9.17) is 16.3 Å². The van der Waals surface area contributed by atoms with Crippen LogP contribution < -0.4 is 5.32 Å². The first-order chi connectivity index (χ1) is 15.2. The van der Waals surface area contributed by atoms with Crippen LogP contribution >= 0.6 is 11.6 Å². The minimum Gasteiger partial charge on any atom is -0.465 e. The molecule has 0 bridgehead atoms. The molecule has 1 fully saturated rings. The van der Waals surface area contributed by atoms with Gasteiger partial charge in [0.15, 0.2) is 5.78 Å². The predicted molar refractivity (Wildman–Crippen MR) is 123 cm³/mol. The number of nitrogens with one attached hydrogen (secondary N) is 2. The highest BCUT2D eigenvalue weighted by Gasteiger charge is 2.30. The topological polar surface area (TPSA) is 94.7 Å². The second-order valence-electron chi connectivity index (χ2n) is 8.00. The van der Waals surface area contributed by atoms with Crippen LogP contribution in [-0.4, -0.2) is 78.3 Å². The molecule has 1 aromatic carbocycles. The Labute approximate surface area is 192 Å². The number of aromatic nitrogens is 1. The number of aromatic amines is 1. The summed E-state index contributed by atoms with van der Waals surface area (Å²) in [6.45, 7) is 8.31. The molecule has 3 rings (SSSR count). The fourth-order valence-electron chi connectivity index (χ4n) is 4.04. The molecular formula is C23H29ClN4O4. The number of para-hydroxylation sites is 1. The Bertz CT molecular complexity index is 1010. The molecule has 0 aliphatic carbocycles. The summed E-state index contributed by atoms with van der Waals surface area (Å²) >= 11 is 6.10. The van der Waals surface area contributed by atoms with Gasteiger partial charge in [-0.1, -0.05) is 23.7 Å². The SMILES string of the molecule is COC(=O)c1c(C)[nH]c(C(=O)C(C)N2CCN(CC(=O)Nc3ccccc3Cl)CC2)c1C.